The molecule has 7 nitrogen and oxygen atoms in total. The van der Waals surface area contributed by atoms with Crippen molar-refractivity contribution < 1.29 is 23.9 Å². The van der Waals surface area contributed by atoms with Crippen LogP contribution in [0.15, 0.2) is 60.7 Å². The summed E-state index contributed by atoms with van der Waals surface area (Å²) in [7, 11) is 0. The molecule has 5 rings (SSSR count). The summed E-state index contributed by atoms with van der Waals surface area (Å²) >= 11 is 0. The number of urea groups is 1. The molecule has 1 saturated heterocycles. The van der Waals surface area contributed by atoms with Gasteiger partial charge in [0.1, 0.15) is 5.54 Å². The molecule has 1 atom stereocenters. The first-order chi connectivity index (χ1) is 15.5. The van der Waals surface area contributed by atoms with Crippen molar-refractivity contribution in [3.05, 3.63) is 71.8 Å². The van der Waals surface area contributed by atoms with Gasteiger partial charge in [0.25, 0.3) is 5.91 Å². The second-order valence-corrected chi connectivity index (χ2v) is 8.11. The lowest BCUT2D eigenvalue weighted by Gasteiger charge is -2.24. The standard InChI is InChI=1S/C25H22N2O5/c1-25(19-9-4-7-16-6-2-3-8-18(16)19)23(29)27(24(30)26-25)15-20(28)17-10-11-21-22(14-17)32-13-5-12-31-21/h2-4,6-11,14H,5,12-13,15H2,1H3,(H,26,30). The third-order valence-corrected chi connectivity index (χ3v) is 5.97. The Labute approximate surface area is 184 Å². The van der Waals surface area contributed by atoms with E-state index in [2.05, 4.69) is 5.32 Å². The van der Waals surface area contributed by atoms with E-state index in [1.54, 1.807) is 25.1 Å². The molecule has 2 aliphatic rings. The van der Waals surface area contributed by atoms with E-state index in [1.165, 1.54) is 0 Å². The van der Waals surface area contributed by atoms with Crippen molar-refractivity contribution in [1.82, 2.24) is 10.2 Å². The summed E-state index contributed by atoms with van der Waals surface area (Å²) in [5.74, 6) is 0.261. The van der Waals surface area contributed by atoms with Crippen molar-refractivity contribution in [2.75, 3.05) is 19.8 Å². The highest BCUT2D eigenvalue weighted by molar-refractivity contribution is 6.12. The summed E-state index contributed by atoms with van der Waals surface area (Å²) in [5, 5.41) is 4.64. The number of nitrogens with one attached hydrogen (secondary N) is 1. The second kappa shape index (κ2) is 7.67. The molecule has 2 aliphatic heterocycles. The van der Waals surface area contributed by atoms with Crippen LogP contribution in [0.3, 0.4) is 0 Å². The number of carbonyl (C=O) groups excluding carboxylic acids is 3. The Hall–Kier alpha value is -3.87. The van der Waals surface area contributed by atoms with Gasteiger partial charge in [0.15, 0.2) is 17.3 Å². The lowest BCUT2D eigenvalue weighted by molar-refractivity contribution is -0.130. The summed E-state index contributed by atoms with van der Waals surface area (Å²) in [6, 6.07) is 17.6. The van der Waals surface area contributed by atoms with E-state index >= 15 is 0 Å². The smallest absolute Gasteiger partial charge is 0.325 e. The van der Waals surface area contributed by atoms with E-state index in [9.17, 15) is 14.4 Å². The molecule has 0 bridgehead atoms. The van der Waals surface area contributed by atoms with Gasteiger partial charge in [-0.1, -0.05) is 42.5 Å². The molecule has 32 heavy (non-hydrogen) atoms. The SMILES string of the molecule is CC1(c2cccc3ccccc23)NC(=O)N(CC(=O)c2ccc3c(c2)OCCCO3)C1=O. The van der Waals surface area contributed by atoms with Gasteiger partial charge in [-0.25, -0.2) is 4.79 Å². The molecular formula is C25H22N2O5. The molecule has 2 heterocycles. The number of imide groups is 1. The van der Waals surface area contributed by atoms with E-state index in [-0.39, 0.29) is 12.3 Å². The van der Waals surface area contributed by atoms with Gasteiger partial charge < -0.3 is 14.8 Å². The van der Waals surface area contributed by atoms with Crippen LogP contribution in [0.2, 0.25) is 0 Å². The van der Waals surface area contributed by atoms with Crippen molar-refractivity contribution in [3.8, 4) is 11.5 Å². The van der Waals surface area contributed by atoms with Gasteiger partial charge in [-0.05, 0) is 41.5 Å². The van der Waals surface area contributed by atoms with Gasteiger partial charge in [0.05, 0.1) is 19.8 Å². The molecule has 0 aliphatic carbocycles. The Balaban J connectivity index is 1.42. The highest BCUT2D eigenvalue weighted by Gasteiger charge is 2.50. The number of nitrogens with zero attached hydrogens (tertiary/aromatic N) is 1. The van der Waals surface area contributed by atoms with Gasteiger partial charge in [-0.2, -0.15) is 0 Å². The Bertz CT molecular complexity index is 1250. The second-order valence-electron chi connectivity index (χ2n) is 8.11. The van der Waals surface area contributed by atoms with Crippen LogP contribution in [-0.2, 0) is 10.3 Å². The highest BCUT2D eigenvalue weighted by Crippen LogP contribution is 2.34. The summed E-state index contributed by atoms with van der Waals surface area (Å²) in [4.78, 5) is 40.1. The topological polar surface area (TPSA) is 84.9 Å². The number of Topliss-reactive ketones (excluding diaryl/α,β-unsaturated/α-hetero) is 1. The average molecular weight is 430 g/mol. The molecule has 0 radical (unpaired) electrons. The van der Waals surface area contributed by atoms with Crippen molar-refractivity contribution in [3.63, 3.8) is 0 Å². The van der Waals surface area contributed by atoms with Crippen LogP contribution in [-0.4, -0.2) is 42.4 Å². The third-order valence-electron chi connectivity index (χ3n) is 5.97. The first-order valence-corrected chi connectivity index (χ1v) is 10.5. The zero-order chi connectivity index (χ0) is 22.3. The monoisotopic (exact) mass is 430 g/mol. The Morgan fingerprint density at radius 1 is 1.00 bits per heavy atom. The van der Waals surface area contributed by atoms with Gasteiger partial charge in [-0.3, -0.25) is 14.5 Å². The quantitative estimate of drug-likeness (QED) is 0.505. The van der Waals surface area contributed by atoms with E-state index in [4.69, 9.17) is 9.47 Å². The molecule has 3 aromatic rings. The molecule has 7 heteroatoms. The Kier molecular flexibility index (Phi) is 4.81. The van der Waals surface area contributed by atoms with Gasteiger partial charge in [0, 0.05) is 12.0 Å². The third kappa shape index (κ3) is 3.26. The predicted molar refractivity (Wildman–Crippen MR) is 118 cm³/mol. The number of ketones is 1. The summed E-state index contributed by atoms with van der Waals surface area (Å²) < 4.78 is 11.2. The van der Waals surface area contributed by atoms with Gasteiger partial charge >= 0.3 is 6.03 Å². The zero-order valence-electron chi connectivity index (χ0n) is 17.6. The van der Waals surface area contributed by atoms with Crippen LogP contribution >= 0.6 is 0 Å². The van der Waals surface area contributed by atoms with Crippen LogP contribution in [0.5, 0.6) is 11.5 Å². The molecule has 0 saturated carbocycles. The number of hydrogen-bond acceptors (Lipinski definition) is 5. The largest absolute Gasteiger partial charge is 0.490 e. The number of fused-ring (bicyclic) bond motifs is 2. The predicted octanol–water partition coefficient (Wildman–Crippen LogP) is 3.65. The van der Waals surface area contributed by atoms with Crippen molar-refractivity contribution in [1.29, 1.82) is 0 Å². The summed E-state index contributed by atoms with van der Waals surface area (Å²) in [5.41, 5.74) is -0.212. The molecular weight excluding hydrogens is 408 g/mol. The van der Waals surface area contributed by atoms with Crippen LogP contribution in [0.1, 0.15) is 29.3 Å². The fraction of sp³-hybridized carbons (Fsp3) is 0.240. The Morgan fingerprint density at radius 3 is 2.59 bits per heavy atom. The lowest BCUT2D eigenvalue weighted by Crippen LogP contribution is -2.41. The molecule has 0 spiro atoms. The van der Waals surface area contributed by atoms with Crippen LogP contribution in [0, 0.1) is 0 Å². The summed E-state index contributed by atoms with van der Waals surface area (Å²) in [6.07, 6.45) is 0.757. The molecule has 1 N–H and O–H groups in total. The minimum Gasteiger partial charge on any atom is -0.490 e. The van der Waals surface area contributed by atoms with Crippen LogP contribution < -0.4 is 14.8 Å². The maximum atomic E-state index is 13.4. The molecule has 0 aromatic heterocycles. The number of ether oxygens (including phenoxy) is 2. The van der Waals surface area contributed by atoms with Crippen molar-refractivity contribution in [2.24, 2.45) is 0 Å². The van der Waals surface area contributed by atoms with Gasteiger partial charge in [0.2, 0.25) is 0 Å². The van der Waals surface area contributed by atoms with Crippen LogP contribution in [0.4, 0.5) is 4.79 Å². The minimum absolute atomic E-state index is 0.355. The number of hydrogen-bond donors (Lipinski definition) is 1. The first-order valence-electron chi connectivity index (χ1n) is 10.5. The molecule has 3 amide bonds. The Morgan fingerprint density at radius 2 is 1.75 bits per heavy atom. The van der Waals surface area contributed by atoms with Crippen LogP contribution in [0.25, 0.3) is 10.8 Å². The minimum atomic E-state index is -1.26. The van der Waals surface area contributed by atoms with E-state index in [0.717, 1.165) is 22.1 Å². The van der Waals surface area contributed by atoms with E-state index < -0.39 is 17.5 Å². The van der Waals surface area contributed by atoms with E-state index in [1.807, 2.05) is 42.5 Å². The fourth-order valence-electron chi connectivity index (χ4n) is 4.26. The maximum Gasteiger partial charge on any atom is 0.325 e. The number of benzene rings is 3. The van der Waals surface area contributed by atoms with E-state index in [0.29, 0.717) is 35.8 Å². The number of amides is 3. The van der Waals surface area contributed by atoms with Gasteiger partial charge in [-0.15, -0.1) is 0 Å². The molecule has 1 fully saturated rings. The average Bonchev–Trinajstić information content (AvgIpc) is 2.96. The lowest BCUT2D eigenvalue weighted by atomic mass is 9.88. The van der Waals surface area contributed by atoms with Crippen molar-refractivity contribution >= 4 is 28.5 Å². The maximum absolute atomic E-state index is 13.4. The number of rotatable bonds is 4. The molecule has 1 unspecified atom stereocenters. The molecule has 3 aromatic carbocycles. The zero-order valence-corrected chi connectivity index (χ0v) is 17.6. The highest BCUT2D eigenvalue weighted by atomic mass is 16.5. The molecule has 162 valence electrons. The first kappa shape index (κ1) is 20.1. The normalized spacial score (nSPS) is 20.2. The number of carbonyl (C=O) groups is 3. The fourth-order valence-corrected chi connectivity index (χ4v) is 4.26. The van der Waals surface area contributed by atoms with Crippen molar-refractivity contribution in [2.45, 2.75) is 18.9 Å². The summed E-state index contributed by atoms with van der Waals surface area (Å²) in [6.45, 7) is 2.37.